The van der Waals surface area contributed by atoms with Crippen molar-refractivity contribution in [1.29, 1.82) is 0 Å². The molecule has 0 aromatic heterocycles. The molecule has 1 aliphatic carbocycles. The predicted octanol–water partition coefficient (Wildman–Crippen LogP) is 3.60. The van der Waals surface area contributed by atoms with Crippen molar-refractivity contribution in [1.82, 2.24) is 0 Å². The Hall–Kier alpha value is -3.42. The summed E-state index contributed by atoms with van der Waals surface area (Å²) in [6.45, 7) is 1.45. The zero-order valence-corrected chi connectivity index (χ0v) is 17.0. The van der Waals surface area contributed by atoms with Crippen molar-refractivity contribution in [3.63, 3.8) is 0 Å². The minimum absolute atomic E-state index is 0.0744. The van der Waals surface area contributed by atoms with E-state index in [-0.39, 0.29) is 23.5 Å². The molecule has 8 nitrogen and oxygen atoms in total. The fourth-order valence-electron chi connectivity index (χ4n) is 3.50. The molecule has 0 radical (unpaired) electrons. The van der Waals surface area contributed by atoms with Crippen molar-refractivity contribution in [2.75, 3.05) is 12.4 Å². The number of nitrogens with one attached hydrogen (secondary N) is 1. The summed E-state index contributed by atoms with van der Waals surface area (Å²) in [4.78, 5) is 35.1. The number of methoxy groups -OCH3 is 1. The molecule has 0 unspecified atom stereocenters. The lowest BCUT2D eigenvalue weighted by molar-refractivity contribution is -0.384. The number of carbonyl (C=O) groups is 2. The summed E-state index contributed by atoms with van der Waals surface area (Å²) in [5, 5.41) is 13.5. The van der Waals surface area contributed by atoms with Crippen LogP contribution in [0.1, 0.15) is 36.5 Å². The molecule has 0 heterocycles. The number of anilines is 1. The van der Waals surface area contributed by atoms with E-state index >= 15 is 0 Å². The molecular weight excluding hydrogens is 388 g/mol. The fourth-order valence-corrected chi connectivity index (χ4v) is 3.50. The van der Waals surface area contributed by atoms with Gasteiger partial charge >= 0.3 is 5.97 Å². The van der Waals surface area contributed by atoms with Gasteiger partial charge in [-0.2, -0.15) is 0 Å². The van der Waals surface area contributed by atoms with Gasteiger partial charge in [-0.3, -0.25) is 19.7 Å². The van der Waals surface area contributed by atoms with Gasteiger partial charge in [-0.15, -0.1) is 0 Å². The Kier molecular flexibility index (Phi) is 6.66. The first-order valence-electron chi connectivity index (χ1n) is 9.81. The van der Waals surface area contributed by atoms with Crippen molar-refractivity contribution in [2.45, 2.75) is 45.1 Å². The monoisotopic (exact) mass is 412 g/mol. The minimum atomic E-state index is -1.07. The van der Waals surface area contributed by atoms with E-state index in [4.69, 9.17) is 9.47 Å². The molecule has 2 aromatic rings. The molecule has 30 heavy (non-hydrogen) atoms. The molecule has 158 valence electrons. The average molecular weight is 412 g/mol. The van der Waals surface area contributed by atoms with Crippen LogP contribution in [0.3, 0.4) is 0 Å². The molecule has 1 aliphatic rings. The third-order valence-electron chi connectivity index (χ3n) is 5.09. The second kappa shape index (κ2) is 9.39. The van der Waals surface area contributed by atoms with E-state index in [2.05, 4.69) is 11.4 Å². The molecule has 0 saturated heterocycles. The Labute approximate surface area is 174 Å². The first-order valence-corrected chi connectivity index (χ1v) is 9.81. The lowest BCUT2D eigenvalue weighted by Crippen LogP contribution is -2.30. The number of hydrogen-bond acceptors (Lipinski definition) is 6. The molecule has 8 heteroatoms. The van der Waals surface area contributed by atoms with Crippen LogP contribution < -0.4 is 10.1 Å². The number of nitro groups is 1. The Morgan fingerprint density at radius 2 is 1.87 bits per heavy atom. The summed E-state index contributed by atoms with van der Waals surface area (Å²) < 4.78 is 10.4. The van der Waals surface area contributed by atoms with Gasteiger partial charge in [-0.1, -0.05) is 18.2 Å². The number of benzene rings is 2. The summed E-state index contributed by atoms with van der Waals surface area (Å²) in [5.74, 6) is -0.853. The topological polar surface area (TPSA) is 108 Å². The van der Waals surface area contributed by atoms with E-state index in [1.807, 2.05) is 12.1 Å². The zero-order valence-electron chi connectivity index (χ0n) is 17.0. The highest BCUT2D eigenvalue weighted by Gasteiger charge is 2.21. The van der Waals surface area contributed by atoms with Crippen molar-refractivity contribution < 1.29 is 24.0 Å². The highest BCUT2D eigenvalue weighted by molar-refractivity contribution is 5.96. The van der Waals surface area contributed by atoms with E-state index in [9.17, 15) is 19.7 Å². The summed E-state index contributed by atoms with van der Waals surface area (Å²) in [5.41, 5.74) is 3.40. The molecule has 1 N–H and O–H groups in total. The van der Waals surface area contributed by atoms with Crippen LogP contribution in [0.5, 0.6) is 5.75 Å². The number of hydrogen-bond donors (Lipinski definition) is 1. The van der Waals surface area contributed by atoms with Gasteiger partial charge in [0.05, 0.1) is 24.1 Å². The normalized spacial score (nSPS) is 13.7. The number of nitro benzene ring substituents is 1. The Balaban J connectivity index is 1.61. The number of nitrogens with zero attached hydrogens (tertiary/aromatic N) is 1. The lowest BCUT2D eigenvalue weighted by Gasteiger charge is -2.17. The van der Waals surface area contributed by atoms with E-state index in [1.165, 1.54) is 49.8 Å². The number of fused-ring (bicyclic) bond motifs is 1. The largest absolute Gasteiger partial charge is 0.495 e. The standard InChI is InChI=1S/C22H24N2O6/c1-14(22(26)23-19-13-18(24(27)28)9-10-20(19)29-2)30-21(25)12-15-7-8-16-5-3-4-6-17(16)11-15/h7-11,13-14H,3-6,12H2,1-2H3,(H,23,26)/t14-/m1/s1. The van der Waals surface area contributed by atoms with Gasteiger partial charge in [0, 0.05) is 12.1 Å². The van der Waals surface area contributed by atoms with E-state index in [0.717, 1.165) is 24.8 Å². The second-order valence-corrected chi connectivity index (χ2v) is 7.25. The summed E-state index contributed by atoms with van der Waals surface area (Å²) in [7, 11) is 1.39. The maximum Gasteiger partial charge on any atom is 0.311 e. The molecule has 3 rings (SSSR count). The quantitative estimate of drug-likeness (QED) is 0.423. The van der Waals surface area contributed by atoms with Crippen molar-refractivity contribution in [3.05, 3.63) is 63.2 Å². The van der Waals surface area contributed by atoms with Crippen LogP contribution in [0.15, 0.2) is 36.4 Å². The van der Waals surface area contributed by atoms with Crippen LogP contribution in [0, 0.1) is 10.1 Å². The van der Waals surface area contributed by atoms with Gasteiger partial charge in [0.15, 0.2) is 6.10 Å². The number of esters is 1. The number of non-ortho nitro benzene ring substituents is 1. The molecule has 0 spiro atoms. The Morgan fingerprint density at radius 1 is 1.13 bits per heavy atom. The van der Waals surface area contributed by atoms with Crippen LogP contribution in [0.25, 0.3) is 0 Å². The predicted molar refractivity (Wildman–Crippen MR) is 111 cm³/mol. The number of ether oxygens (including phenoxy) is 2. The number of rotatable bonds is 7. The number of aryl methyl sites for hydroxylation is 2. The van der Waals surface area contributed by atoms with E-state index in [0.29, 0.717) is 0 Å². The number of amides is 1. The van der Waals surface area contributed by atoms with Gasteiger partial charge in [0.2, 0.25) is 0 Å². The van der Waals surface area contributed by atoms with Crippen LogP contribution in [-0.2, 0) is 33.6 Å². The molecule has 0 fully saturated rings. The summed E-state index contributed by atoms with van der Waals surface area (Å²) >= 11 is 0. The highest BCUT2D eigenvalue weighted by Crippen LogP contribution is 2.29. The van der Waals surface area contributed by atoms with Gasteiger partial charge in [0.25, 0.3) is 11.6 Å². The van der Waals surface area contributed by atoms with Crippen LogP contribution in [0.4, 0.5) is 11.4 Å². The van der Waals surface area contributed by atoms with Crippen molar-refractivity contribution >= 4 is 23.3 Å². The number of carbonyl (C=O) groups excluding carboxylic acids is 2. The lowest BCUT2D eigenvalue weighted by atomic mass is 9.90. The zero-order chi connectivity index (χ0) is 21.7. The van der Waals surface area contributed by atoms with E-state index < -0.39 is 22.9 Å². The smallest absolute Gasteiger partial charge is 0.311 e. The van der Waals surface area contributed by atoms with Gasteiger partial charge in [-0.25, -0.2) is 0 Å². The summed E-state index contributed by atoms with van der Waals surface area (Å²) in [6.07, 6.45) is 3.43. The minimum Gasteiger partial charge on any atom is -0.495 e. The molecule has 0 aliphatic heterocycles. The highest BCUT2D eigenvalue weighted by atomic mass is 16.6. The maximum atomic E-state index is 12.4. The van der Waals surface area contributed by atoms with Crippen LogP contribution in [0.2, 0.25) is 0 Å². The fraction of sp³-hybridized carbons (Fsp3) is 0.364. The maximum absolute atomic E-state index is 12.4. The molecule has 0 bridgehead atoms. The SMILES string of the molecule is COc1ccc([N+](=O)[O-])cc1NC(=O)[C@@H](C)OC(=O)Cc1ccc2c(c1)CCCC2. The third kappa shape index (κ3) is 5.14. The van der Waals surface area contributed by atoms with Crippen molar-refractivity contribution in [3.8, 4) is 5.75 Å². The second-order valence-electron chi connectivity index (χ2n) is 7.25. The first-order chi connectivity index (χ1) is 14.4. The van der Waals surface area contributed by atoms with Crippen LogP contribution in [-0.4, -0.2) is 30.0 Å². The van der Waals surface area contributed by atoms with Crippen molar-refractivity contribution in [2.24, 2.45) is 0 Å². The molecule has 1 atom stereocenters. The van der Waals surface area contributed by atoms with Gasteiger partial charge < -0.3 is 14.8 Å². The van der Waals surface area contributed by atoms with Gasteiger partial charge in [0.1, 0.15) is 5.75 Å². The van der Waals surface area contributed by atoms with Gasteiger partial charge in [-0.05, 0) is 55.4 Å². The molecule has 2 aromatic carbocycles. The third-order valence-corrected chi connectivity index (χ3v) is 5.09. The molecule has 1 amide bonds. The van der Waals surface area contributed by atoms with E-state index in [1.54, 1.807) is 0 Å². The first kappa shape index (κ1) is 21.3. The Bertz CT molecular complexity index is 972. The average Bonchev–Trinajstić information content (AvgIpc) is 2.73. The molecule has 0 saturated carbocycles. The Morgan fingerprint density at radius 3 is 2.57 bits per heavy atom. The molecular formula is C22H24N2O6. The summed E-state index contributed by atoms with van der Waals surface area (Å²) in [6, 6.07) is 9.87. The van der Waals surface area contributed by atoms with Crippen LogP contribution >= 0.6 is 0 Å².